The molecule has 0 spiro atoms. The zero-order valence-corrected chi connectivity index (χ0v) is 9.28. The molecule has 0 aliphatic heterocycles. The molecule has 5 heteroatoms. The van der Waals surface area contributed by atoms with Gasteiger partial charge in [-0.1, -0.05) is 12.1 Å². The van der Waals surface area contributed by atoms with Crippen molar-refractivity contribution >= 4 is 27.5 Å². The van der Waals surface area contributed by atoms with Crippen LogP contribution >= 0.6 is 15.9 Å². The number of hydrogen-bond donors (Lipinski definition) is 2. The minimum atomic E-state index is -0.209. The lowest BCUT2D eigenvalue weighted by atomic mass is 10.3. The summed E-state index contributed by atoms with van der Waals surface area (Å²) in [5.41, 5.74) is 1.17. The van der Waals surface area contributed by atoms with Crippen molar-refractivity contribution in [2.24, 2.45) is 0 Å². The number of carbonyl (C=O) groups excluding carboxylic acids is 1. The van der Waals surface area contributed by atoms with Crippen LogP contribution in [0.5, 0.6) is 0 Å². The lowest BCUT2D eigenvalue weighted by molar-refractivity contribution is 0.102. The van der Waals surface area contributed by atoms with Crippen molar-refractivity contribution in [1.29, 1.82) is 0 Å². The third-order valence-corrected chi connectivity index (χ3v) is 2.56. The van der Waals surface area contributed by atoms with Gasteiger partial charge in [0.2, 0.25) is 0 Å². The predicted molar refractivity (Wildman–Crippen MR) is 60.7 cm³/mol. The van der Waals surface area contributed by atoms with E-state index in [1.54, 1.807) is 0 Å². The van der Waals surface area contributed by atoms with Crippen molar-refractivity contribution in [1.82, 2.24) is 9.97 Å². The molecule has 1 heterocycles. The minimum Gasteiger partial charge on any atom is -0.341 e. The quantitative estimate of drug-likeness (QED) is 0.877. The smallest absolute Gasteiger partial charge is 0.273 e. The molecule has 0 saturated heterocycles. The zero-order valence-electron chi connectivity index (χ0n) is 7.70. The fourth-order valence-corrected chi connectivity index (χ4v) is 1.52. The first-order valence-corrected chi connectivity index (χ1v) is 5.11. The zero-order chi connectivity index (χ0) is 10.7. The Balaban J connectivity index is 2.17. The van der Waals surface area contributed by atoms with Crippen LogP contribution in [0.1, 0.15) is 10.5 Å². The summed E-state index contributed by atoms with van der Waals surface area (Å²) in [6.45, 7) is 0. The summed E-state index contributed by atoms with van der Waals surface area (Å²) in [5, 5.41) is 2.76. The van der Waals surface area contributed by atoms with Crippen LogP contribution in [0.25, 0.3) is 0 Å². The molecule has 15 heavy (non-hydrogen) atoms. The average Bonchev–Trinajstić information content (AvgIpc) is 2.74. The molecule has 4 nitrogen and oxygen atoms in total. The average molecular weight is 266 g/mol. The van der Waals surface area contributed by atoms with Crippen LogP contribution in [0.2, 0.25) is 0 Å². The van der Waals surface area contributed by atoms with Crippen LogP contribution in [-0.2, 0) is 0 Å². The van der Waals surface area contributed by atoms with Gasteiger partial charge in [-0.3, -0.25) is 4.79 Å². The highest BCUT2D eigenvalue weighted by molar-refractivity contribution is 9.10. The second-order valence-corrected chi connectivity index (χ2v) is 3.75. The number of anilines is 1. The molecule has 2 rings (SSSR count). The number of aromatic amines is 1. The Morgan fingerprint density at radius 2 is 2.20 bits per heavy atom. The van der Waals surface area contributed by atoms with E-state index in [1.165, 1.54) is 12.5 Å². The summed E-state index contributed by atoms with van der Waals surface area (Å²) < 4.78 is 0.845. The summed E-state index contributed by atoms with van der Waals surface area (Å²) in [7, 11) is 0. The molecule has 0 fully saturated rings. The fourth-order valence-electron chi connectivity index (χ4n) is 1.13. The first-order valence-electron chi connectivity index (χ1n) is 4.31. The number of aromatic nitrogens is 2. The van der Waals surface area contributed by atoms with Crippen LogP contribution in [0.4, 0.5) is 5.69 Å². The molecule has 2 N–H and O–H groups in total. The Kier molecular flexibility index (Phi) is 2.82. The third kappa shape index (κ3) is 2.24. The Hall–Kier alpha value is -1.62. The maximum Gasteiger partial charge on any atom is 0.273 e. The largest absolute Gasteiger partial charge is 0.341 e. The second-order valence-electron chi connectivity index (χ2n) is 2.90. The maximum atomic E-state index is 11.6. The van der Waals surface area contributed by atoms with Crippen molar-refractivity contribution in [3.05, 3.63) is 47.0 Å². The Labute approximate surface area is 94.9 Å². The maximum absolute atomic E-state index is 11.6. The fraction of sp³-hybridized carbons (Fsp3) is 0. The van der Waals surface area contributed by atoms with Crippen molar-refractivity contribution in [3.8, 4) is 0 Å². The van der Waals surface area contributed by atoms with Gasteiger partial charge in [-0.25, -0.2) is 4.98 Å². The number of nitrogens with one attached hydrogen (secondary N) is 2. The SMILES string of the molecule is O=C(Nc1ccccc1Br)c1cnc[nH]1. The number of halogens is 1. The predicted octanol–water partition coefficient (Wildman–Crippen LogP) is 2.42. The first kappa shape index (κ1) is 9.92. The van der Waals surface area contributed by atoms with Gasteiger partial charge in [0.1, 0.15) is 5.69 Å². The number of rotatable bonds is 2. The minimum absolute atomic E-state index is 0.209. The number of amides is 1. The molecule has 76 valence electrons. The van der Waals surface area contributed by atoms with Crippen LogP contribution in [-0.4, -0.2) is 15.9 Å². The van der Waals surface area contributed by atoms with Gasteiger partial charge >= 0.3 is 0 Å². The highest BCUT2D eigenvalue weighted by atomic mass is 79.9. The van der Waals surface area contributed by atoms with E-state index < -0.39 is 0 Å². The molecule has 0 aliphatic rings. The lowest BCUT2D eigenvalue weighted by Crippen LogP contribution is -2.12. The van der Waals surface area contributed by atoms with Gasteiger partial charge in [-0.2, -0.15) is 0 Å². The number of carbonyl (C=O) groups is 1. The second kappa shape index (κ2) is 4.27. The molecule has 2 aromatic rings. The monoisotopic (exact) mass is 265 g/mol. The van der Waals surface area contributed by atoms with Gasteiger partial charge in [0, 0.05) is 4.47 Å². The van der Waals surface area contributed by atoms with Gasteiger partial charge in [0.25, 0.3) is 5.91 Å². The van der Waals surface area contributed by atoms with Crippen molar-refractivity contribution in [2.75, 3.05) is 5.32 Å². The van der Waals surface area contributed by atoms with Gasteiger partial charge in [-0.15, -0.1) is 0 Å². The summed E-state index contributed by atoms with van der Waals surface area (Å²) >= 11 is 3.35. The third-order valence-electron chi connectivity index (χ3n) is 1.86. The van der Waals surface area contributed by atoms with Crippen LogP contribution in [0.15, 0.2) is 41.3 Å². The molecule has 1 amide bonds. The number of hydrogen-bond acceptors (Lipinski definition) is 2. The van der Waals surface area contributed by atoms with Crippen molar-refractivity contribution in [2.45, 2.75) is 0 Å². The topological polar surface area (TPSA) is 57.8 Å². The van der Waals surface area contributed by atoms with E-state index in [4.69, 9.17) is 0 Å². The molecule has 0 bridgehead atoms. The van der Waals surface area contributed by atoms with E-state index >= 15 is 0 Å². The highest BCUT2D eigenvalue weighted by Crippen LogP contribution is 2.21. The summed E-state index contributed by atoms with van der Waals surface area (Å²) in [5.74, 6) is -0.209. The Bertz CT molecular complexity index is 467. The van der Waals surface area contributed by atoms with E-state index in [-0.39, 0.29) is 5.91 Å². The van der Waals surface area contributed by atoms with Crippen molar-refractivity contribution in [3.63, 3.8) is 0 Å². The summed E-state index contributed by atoms with van der Waals surface area (Å²) in [4.78, 5) is 18.1. The van der Waals surface area contributed by atoms with Crippen LogP contribution in [0, 0.1) is 0 Å². The number of imidazole rings is 1. The van der Waals surface area contributed by atoms with Gasteiger partial charge in [-0.05, 0) is 28.1 Å². The molecular weight excluding hydrogens is 258 g/mol. The Morgan fingerprint density at radius 1 is 1.40 bits per heavy atom. The number of para-hydroxylation sites is 1. The summed E-state index contributed by atoms with van der Waals surface area (Å²) in [6, 6.07) is 7.42. The summed E-state index contributed by atoms with van der Waals surface area (Å²) in [6.07, 6.45) is 2.95. The molecule has 0 aliphatic carbocycles. The van der Waals surface area contributed by atoms with E-state index in [0.29, 0.717) is 5.69 Å². The van der Waals surface area contributed by atoms with Crippen molar-refractivity contribution < 1.29 is 4.79 Å². The molecule has 1 aromatic heterocycles. The normalized spacial score (nSPS) is 9.93. The molecule has 0 radical (unpaired) electrons. The molecule has 0 unspecified atom stereocenters. The number of benzene rings is 1. The van der Waals surface area contributed by atoms with Crippen LogP contribution in [0.3, 0.4) is 0 Å². The van der Waals surface area contributed by atoms with Crippen LogP contribution < -0.4 is 5.32 Å². The lowest BCUT2D eigenvalue weighted by Gasteiger charge is -2.04. The molecular formula is C10H8BrN3O. The van der Waals surface area contributed by atoms with E-state index in [9.17, 15) is 4.79 Å². The van der Waals surface area contributed by atoms with E-state index in [2.05, 4.69) is 31.2 Å². The number of H-pyrrole nitrogens is 1. The van der Waals surface area contributed by atoms with Gasteiger partial charge in [0.15, 0.2) is 0 Å². The Morgan fingerprint density at radius 3 is 2.87 bits per heavy atom. The van der Waals surface area contributed by atoms with E-state index in [0.717, 1.165) is 10.2 Å². The highest BCUT2D eigenvalue weighted by Gasteiger charge is 2.08. The first-order chi connectivity index (χ1) is 7.27. The molecule has 0 saturated carbocycles. The molecule has 1 aromatic carbocycles. The van der Waals surface area contributed by atoms with E-state index in [1.807, 2.05) is 24.3 Å². The number of nitrogens with zero attached hydrogens (tertiary/aromatic N) is 1. The van der Waals surface area contributed by atoms with Gasteiger partial charge in [0.05, 0.1) is 18.2 Å². The standard InChI is InChI=1S/C10H8BrN3O/c11-7-3-1-2-4-8(7)14-10(15)9-5-12-6-13-9/h1-6H,(H,12,13)(H,14,15). The molecule has 0 atom stereocenters. The van der Waals surface area contributed by atoms with Gasteiger partial charge < -0.3 is 10.3 Å².